The van der Waals surface area contributed by atoms with Gasteiger partial charge in [0.05, 0.1) is 5.54 Å². The molecule has 1 aliphatic carbocycles. The van der Waals surface area contributed by atoms with E-state index < -0.39 is 0 Å². The second-order valence-electron chi connectivity index (χ2n) is 6.38. The SMILES string of the molecule is CC(C)N1CCC2(CC1)CN2C(=O)C1=CCCC=C1. The van der Waals surface area contributed by atoms with Crippen molar-refractivity contribution in [1.82, 2.24) is 9.80 Å². The van der Waals surface area contributed by atoms with Crippen LogP contribution in [0, 0.1) is 0 Å². The Kier molecular flexibility index (Phi) is 3.25. The van der Waals surface area contributed by atoms with Gasteiger partial charge in [-0.15, -0.1) is 0 Å². The second-order valence-corrected chi connectivity index (χ2v) is 6.38. The maximum atomic E-state index is 12.4. The molecule has 0 radical (unpaired) electrons. The molecule has 0 bridgehead atoms. The lowest BCUT2D eigenvalue weighted by atomic mass is 9.95. The van der Waals surface area contributed by atoms with Gasteiger partial charge in [-0.25, -0.2) is 0 Å². The van der Waals surface area contributed by atoms with Crippen LogP contribution in [-0.2, 0) is 4.79 Å². The number of carbonyl (C=O) groups excluding carboxylic acids is 1. The summed E-state index contributed by atoms with van der Waals surface area (Å²) >= 11 is 0. The van der Waals surface area contributed by atoms with Crippen LogP contribution in [0.25, 0.3) is 0 Å². The Labute approximate surface area is 115 Å². The van der Waals surface area contributed by atoms with Gasteiger partial charge >= 0.3 is 0 Å². The first kappa shape index (κ1) is 12.9. The van der Waals surface area contributed by atoms with E-state index in [0.717, 1.165) is 50.9 Å². The zero-order chi connectivity index (χ0) is 13.5. The minimum Gasteiger partial charge on any atom is -0.329 e. The summed E-state index contributed by atoms with van der Waals surface area (Å²) in [5.41, 5.74) is 1.11. The Hall–Kier alpha value is -1.09. The molecule has 104 valence electrons. The van der Waals surface area contributed by atoms with Gasteiger partial charge in [0.1, 0.15) is 0 Å². The molecule has 1 spiro atoms. The summed E-state index contributed by atoms with van der Waals surface area (Å²) in [6, 6.07) is 0.629. The van der Waals surface area contributed by atoms with E-state index in [9.17, 15) is 4.79 Å². The molecule has 1 amide bonds. The van der Waals surface area contributed by atoms with Crippen LogP contribution in [0.3, 0.4) is 0 Å². The van der Waals surface area contributed by atoms with Crippen molar-refractivity contribution in [1.29, 1.82) is 0 Å². The van der Waals surface area contributed by atoms with Crippen LogP contribution in [0.1, 0.15) is 39.5 Å². The first-order valence-electron chi connectivity index (χ1n) is 7.55. The predicted octanol–water partition coefficient (Wildman–Crippen LogP) is 2.35. The molecule has 0 aromatic heterocycles. The number of likely N-dealkylation sites (tertiary alicyclic amines) is 1. The Morgan fingerprint density at radius 2 is 2.00 bits per heavy atom. The predicted molar refractivity (Wildman–Crippen MR) is 76.8 cm³/mol. The number of amides is 1. The highest BCUT2D eigenvalue weighted by Crippen LogP contribution is 2.43. The summed E-state index contributed by atoms with van der Waals surface area (Å²) in [7, 11) is 0. The number of hydrogen-bond acceptors (Lipinski definition) is 2. The van der Waals surface area contributed by atoms with Crippen LogP contribution in [-0.4, -0.2) is 46.9 Å². The molecule has 3 rings (SSSR count). The topological polar surface area (TPSA) is 23.3 Å². The molecule has 2 saturated heterocycles. The molecule has 3 heteroatoms. The number of rotatable bonds is 2. The van der Waals surface area contributed by atoms with E-state index in [2.05, 4.69) is 35.8 Å². The molecule has 0 unspecified atom stereocenters. The monoisotopic (exact) mass is 260 g/mol. The summed E-state index contributed by atoms with van der Waals surface area (Å²) in [6.45, 7) is 7.76. The van der Waals surface area contributed by atoms with E-state index >= 15 is 0 Å². The second kappa shape index (κ2) is 4.78. The van der Waals surface area contributed by atoms with Gasteiger partial charge in [-0.05, 0) is 39.5 Å². The third kappa shape index (κ3) is 2.36. The highest BCUT2D eigenvalue weighted by molar-refractivity contribution is 5.98. The fourth-order valence-corrected chi connectivity index (χ4v) is 3.36. The maximum Gasteiger partial charge on any atom is 0.254 e. The standard InChI is InChI=1S/C16H24N2O/c1-13(2)17-10-8-16(9-11-17)12-18(16)15(19)14-6-4-3-5-7-14/h4,6-7,13H,3,5,8-12H2,1-2H3. The van der Waals surface area contributed by atoms with Crippen molar-refractivity contribution in [3.8, 4) is 0 Å². The van der Waals surface area contributed by atoms with Gasteiger partial charge in [0.2, 0.25) is 0 Å². The Morgan fingerprint density at radius 3 is 2.58 bits per heavy atom. The lowest BCUT2D eigenvalue weighted by Crippen LogP contribution is -2.43. The van der Waals surface area contributed by atoms with E-state index in [0.29, 0.717) is 6.04 Å². The Bertz CT molecular complexity index is 428. The number of piperidine rings is 1. The van der Waals surface area contributed by atoms with Gasteiger partial charge in [0.25, 0.3) is 5.91 Å². The molecule has 0 aromatic carbocycles. The smallest absolute Gasteiger partial charge is 0.254 e. The van der Waals surface area contributed by atoms with Gasteiger partial charge in [-0.2, -0.15) is 0 Å². The maximum absolute atomic E-state index is 12.4. The molecule has 0 atom stereocenters. The van der Waals surface area contributed by atoms with Crippen LogP contribution in [0.15, 0.2) is 23.8 Å². The molecular formula is C16H24N2O. The van der Waals surface area contributed by atoms with E-state index in [1.54, 1.807) is 0 Å². The van der Waals surface area contributed by atoms with Crippen molar-refractivity contribution in [2.24, 2.45) is 0 Å². The van der Waals surface area contributed by atoms with Crippen LogP contribution in [0.2, 0.25) is 0 Å². The average Bonchev–Trinajstić information content (AvgIpc) is 3.13. The Morgan fingerprint density at radius 1 is 1.26 bits per heavy atom. The fraction of sp³-hybridized carbons (Fsp3) is 0.688. The highest BCUT2D eigenvalue weighted by atomic mass is 16.2. The summed E-state index contributed by atoms with van der Waals surface area (Å²) < 4.78 is 0. The molecule has 2 heterocycles. The zero-order valence-electron chi connectivity index (χ0n) is 12.1. The normalized spacial score (nSPS) is 25.8. The molecule has 3 aliphatic rings. The molecule has 2 fully saturated rings. The average molecular weight is 260 g/mol. The van der Waals surface area contributed by atoms with Crippen molar-refractivity contribution in [3.63, 3.8) is 0 Å². The van der Waals surface area contributed by atoms with Crippen molar-refractivity contribution in [2.45, 2.75) is 51.1 Å². The van der Waals surface area contributed by atoms with Gasteiger partial charge in [0, 0.05) is 31.2 Å². The summed E-state index contributed by atoms with van der Waals surface area (Å²) in [5, 5.41) is 0. The number of carbonyl (C=O) groups is 1. The zero-order valence-corrected chi connectivity index (χ0v) is 12.1. The first-order valence-corrected chi connectivity index (χ1v) is 7.55. The van der Waals surface area contributed by atoms with E-state index in [1.807, 2.05) is 6.08 Å². The van der Waals surface area contributed by atoms with Crippen molar-refractivity contribution >= 4 is 5.91 Å². The molecule has 2 aliphatic heterocycles. The molecular weight excluding hydrogens is 236 g/mol. The summed E-state index contributed by atoms with van der Waals surface area (Å²) in [5.74, 6) is 0.258. The number of hydrogen-bond donors (Lipinski definition) is 0. The minimum absolute atomic E-state index is 0.203. The molecule has 3 nitrogen and oxygen atoms in total. The van der Waals surface area contributed by atoms with Crippen molar-refractivity contribution in [2.75, 3.05) is 19.6 Å². The quantitative estimate of drug-likeness (QED) is 0.711. The summed E-state index contributed by atoms with van der Waals surface area (Å²) in [6.07, 6.45) is 10.6. The van der Waals surface area contributed by atoms with Crippen molar-refractivity contribution in [3.05, 3.63) is 23.8 Å². The molecule has 0 aromatic rings. The summed E-state index contributed by atoms with van der Waals surface area (Å²) in [4.78, 5) is 17.1. The van der Waals surface area contributed by atoms with Gasteiger partial charge in [-0.1, -0.05) is 18.2 Å². The highest BCUT2D eigenvalue weighted by Gasteiger charge is 2.55. The molecule has 0 N–H and O–H groups in total. The van der Waals surface area contributed by atoms with Crippen LogP contribution >= 0.6 is 0 Å². The number of nitrogens with zero attached hydrogens (tertiary/aromatic N) is 2. The number of allylic oxidation sites excluding steroid dienone is 2. The van der Waals surface area contributed by atoms with E-state index in [-0.39, 0.29) is 11.4 Å². The van der Waals surface area contributed by atoms with E-state index in [1.165, 1.54) is 0 Å². The van der Waals surface area contributed by atoms with Crippen LogP contribution < -0.4 is 0 Å². The largest absolute Gasteiger partial charge is 0.329 e. The lowest BCUT2D eigenvalue weighted by molar-refractivity contribution is -0.123. The lowest BCUT2D eigenvalue weighted by Gasteiger charge is -2.35. The van der Waals surface area contributed by atoms with E-state index in [4.69, 9.17) is 0 Å². The third-order valence-corrected chi connectivity index (χ3v) is 4.87. The van der Waals surface area contributed by atoms with Crippen LogP contribution in [0.4, 0.5) is 0 Å². The van der Waals surface area contributed by atoms with Crippen LogP contribution in [0.5, 0.6) is 0 Å². The molecule has 19 heavy (non-hydrogen) atoms. The Balaban J connectivity index is 1.60. The third-order valence-electron chi connectivity index (χ3n) is 4.87. The fourth-order valence-electron chi connectivity index (χ4n) is 3.36. The van der Waals surface area contributed by atoms with Gasteiger partial charge < -0.3 is 9.80 Å². The minimum atomic E-state index is 0.203. The molecule has 0 saturated carbocycles. The van der Waals surface area contributed by atoms with Gasteiger partial charge in [0.15, 0.2) is 0 Å². The first-order chi connectivity index (χ1) is 9.12. The van der Waals surface area contributed by atoms with Crippen molar-refractivity contribution < 1.29 is 4.79 Å². The van der Waals surface area contributed by atoms with Gasteiger partial charge in [-0.3, -0.25) is 4.79 Å².